The van der Waals surface area contributed by atoms with Gasteiger partial charge in [-0.05, 0) is 66.5 Å². The lowest BCUT2D eigenvalue weighted by Crippen LogP contribution is -2.52. The van der Waals surface area contributed by atoms with Crippen molar-refractivity contribution in [2.24, 2.45) is 16.5 Å². The minimum atomic E-state index is -0.664. The zero-order valence-electron chi connectivity index (χ0n) is 15.7. The maximum absolute atomic E-state index is 12.0. The number of aliphatic carboxylic acids is 1. The van der Waals surface area contributed by atoms with Crippen LogP contribution in [0.15, 0.2) is 17.3 Å². The van der Waals surface area contributed by atoms with E-state index in [4.69, 9.17) is 0 Å². The first kappa shape index (κ1) is 18.0. The van der Waals surface area contributed by atoms with Gasteiger partial charge in [0, 0.05) is 5.56 Å². The van der Waals surface area contributed by atoms with Crippen LogP contribution in [0.25, 0.3) is 0 Å². The molecule has 0 heterocycles. The van der Waals surface area contributed by atoms with E-state index in [1.54, 1.807) is 6.21 Å². The molecule has 0 bridgehead atoms. The van der Waals surface area contributed by atoms with Crippen molar-refractivity contribution < 1.29 is 15.1 Å². The summed E-state index contributed by atoms with van der Waals surface area (Å²) in [5.41, 5.74) is 3.93. The van der Waals surface area contributed by atoms with Crippen LogP contribution in [0.4, 0.5) is 0 Å². The number of carboxylic acids is 1. The van der Waals surface area contributed by atoms with Gasteiger partial charge in [0.25, 0.3) is 0 Å². The molecule has 2 aliphatic carbocycles. The fraction of sp³-hybridized carbons (Fsp3) is 0.619. The van der Waals surface area contributed by atoms with Crippen LogP contribution in [0, 0.1) is 11.3 Å². The average molecular weight is 343 g/mol. The van der Waals surface area contributed by atoms with Crippen LogP contribution >= 0.6 is 0 Å². The number of carboxylic acid groups (broad SMARTS) is 1. The van der Waals surface area contributed by atoms with Gasteiger partial charge >= 0.3 is 5.97 Å². The summed E-state index contributed by atoms with van der Waals surface area (Å²) in [5, 5.41) is 22.4. The number of oxime groups is 1. The second kappa shape index (κ2) is 6.15. The summed E-state index contributed by atoms with van der Waals surface area (Å²) in [6.45, 7) is 8.46. The lowest BCUT2D eigenvalue weighted by atomic mass is 9.49. The molecule has 1 saturated carbocycles. The van der Waals surface area contributed by atoms with Gasteiger partial charge in [0.2, 0.25) is 0 Å². The first-order valence-corrected chi connectivity index (χ1v) is 9.32. The molecule has 25 heavy (non-hydrogen) atoms. The third-order valence-electron chi connectivity index (χ3n) is 6.92. The number of hydrogen-bond donors (Lipinski definition) is 2. The van der Waals surface area contributed by atoms with Crippen molar-refractivity contribution in [2.45, 2.75) is 71.1 Å². The molecule has 0 radical (unpaired) electrons. The van der Waals surface area contributed by atoms with Crippen molar-refractivity contribution in [3.05, 3.63) is 34.4 Å². The molecular weight excluding hydrogens is 314 g/mol. The first-order valence-electron chi connectivity index (χ1n) is 9.32. The van der Waals surface area contributed by atoms with E-state index in [9.17, 15) is 15.1 Å². The highest BCUT2D eigenvalue weighted by Gasteiger charge is 2.55. The second-order valence-corrected chi connectivity index (χ2v) is 8.58. The highest BCUT2D eigenvalue weighted by Crippen LogP contribution is 2.57. The topological polar surface area (TPSA) is 69.9 Å². The Balaban J connectivity index is 2.19. The lowest BCUT2D eigenvalue weighted by molar-refractivity contribution is -0.157. The quantitative estimate of drug-likeness (QED) is 0.474. The van der Waals surface area contributed by atoms with Crippen LogP contribution in [0.5, 0.6) is 0 Å². The summed E-state index contributed by atoms with van der Waals surface area (Å²) < 4.78 is 0. The van der Waals surface area contributed by atoms with E-state index in [2.05, 4.69) is 38.1 Å². The largest absolute Gasteiger partial charge is 0.481 e. The Morgan fingerprint density at radius 1 is 1.32 bits per heavy atom. The molecule has 4 heteroatoms. The third kappa shape index (κ3) is 2.57. The Morgan fingerprint density at radius 3 is 2.64 bits per heavy atom. The number of hydrogen-bond acceptors (Lipinski definition) is 3. The highest BCUT2D eigenvalue weighted by atomic mass is 16.4. The van der Waals surface area contributed by atoms with E-state index in [1.165, 1.54) is 16.7 Å². The molecule has 4 nitrogen and oxygen atoms in total. The Labute approximate surface area is 149 Å². The van der Waals surface area contributed by atoms with Gasteiger partial charge in [-0.1, -0.05) is 44.5 Å². The minimum absolute atomic E-state index is 0.132. The molecule has 3 atom stereocenters. The van der Waals surface area contributed by atoms with Gasteiger partial charge in [0.15, 0.2) is 0 Å². The lowest BCUT2D eigenvalue weighted by Gasteiger charge is -2.54. The second-order valence-electron chi connectivity index (χ2n) is 8.58. The van der Waals surface area contributed by atoms with E-state index in [0.717, 1.165) is 37.7 Å². The van der Waals surface area contributed by atoms with Gasteiger partial charge < -0.3 is 10.3 Å². The van der Waals surface area contributed by atoms with E-state index in [0.29, 0.717) is 5.92 Å². The van der Waals surface area contributed by atoms with Gasteiger partial charge in [-0.3, -0.25) is 4.79 Å². The van der Waals surface area contributed by atoms with Crippen LogP contribution in [0.2, 0.25) is 0 Å². The molecule has 0 aliphatic heterocycles. The van der Waals surface area contributed by atoms with Gasteiger partial charge in [-0.25, -0.2) is 0 Å². The monoisotopic (exact) mass is 343 g/mol. The van der Waals surface area contributed by atoms with E-state index in [1.807, 2.05) is 6.92 Å². The minimum Gasteiger partial charge on any atom is -0.481 e. The summed E-state index contributed by atoms with van der Waals surface area (Å²) in [6, 6.07) is 4.35. The molecule has 1 aromatic carbocycles. The maximum atomic E-state index is 12.0. The molecule has 2 N–H and O–H groups in total. The maximum Gasteiger partial charge on any atom is 0.309 e. The average Bonchev–Trinajstić information content (AvgIpc) is 2.54. The molecule has 136 valence electrons. The molecule has 0 spiro atoms. The number of carbonyl (C=O) groups is 1. The molecule has 1 unspecified atom stereocenters. The fourth-order valence-corrected chi connectivity index (χ4v) is 5.58. The van der Waals surface area contributed by atoms with Crippen molar-refractivity contribution in [3.8, 4) is 0 Å². The zero-order chi connectivity index (χ0) is 18.4. The van der Waals surface area contributed by atoms with Crippen LogP contribution < -0.4 is 0 Å². The fourth-order valence-electron chi connectivity index (χ4n) is 5.58. The summed E-state index contributed by atoms with van der Waals surface area (Å²) in [4.78, 5) is 12.0. The van der Waals surface area contributed by atoms with Gasteiger partial charge in [0.1, 0.15) is 0 Å². The van der Waals surface area contributed by atoms with Crippen molar-refractivity contribution in [3.63, 3.8) is 0 Å². The smallest absolute Gasteiger partial charge is 0.309 e. The molecule has 2 aliphatic rings. The van der Waals surface area contributed by atoms with E-state index >= 15 is 0 Å². The molecule has 0 saturated heterocycles. The Morgan fingerprint density at radius 2 is 2.04 bits per heavy atom. The zero-order valence-corrected chi connectivity index (χ0v) is 15.7. The van der Waals surface area contributed by atoms with E-state index < -0.39 is 11.4 Å². The van der Waals surface area contributed by atoms with Crippen molar-refractivity contribution >= 4 is 12.2 Å². The first-order chi connectivity index (χ1) is 11.8. The summed E-state index contributed by atoms with van der Waals surface area (Å²) in [6.07, 6.45) is 6.00. The van der Waals surface area contributed by atoms with Crippen molar-refractivity contribution in [1.29, 1.82) is 0 Å². The molecule has 1 fully saturated rings. The third-order valence-corrected chi connectivity index (χ3v) is 6.92. The predicted octanol–water partition coefficient (Wildman–Crippen LogP) is 4.71. The van der Waals surface area contributed by atoms with Crippen LogP contribution in [0.3, 0.4) is 0 Å². The van der Waals surface area contributed by atoms with E-state index in [-0.39, 0.29) is 11.3 Å². The van der Waals surface area contributed by atoms with Crippen LogP contribution in [-0.4, -0.2) is 22.5 Å². The molecule has 3 rings (SSSR count). The Hall–Kier alpha value is -1.84. The highest BCUT2D eigenvalue weighted by molar-refractivity contribution is 5.85. The molecule has 1 aromatic rings. The van der Waals surface area contributed by atoms with Gasteiger partial charge in [-0.15, -0.1) is 0 Å². The number of benzene rings is 1. The van der Waals surface area contributed by atoms with Crippen LogP contribution in [-0.2, 0) is 16.6 Å². The standard InChI is InChI=1S/C21H29NO3/c1-13(2)14-6-8-17-15(16(14)12-22-25)7-9-18-20(17,3)10-5-11-21(18,4)19(23)24/h6,8,12-13,18,25H,5,7,9-11H2,1-4H3,(H,23,24)/b22-12+/t18?,20-,21-/m1/s1. The van der Waals surface area contributed by atoms with Crippen molar-refractivity contribution in [2.75, 3.05) is 0 Å². The van der Waals surface area contributed by atoms with Gasteiger partial charge in [0.05, 0.1) is 11.6 Å². The van der Waals surface area contributed by atoms with Crippen molar-refractivity contribution in [1.82, 2.24) is 0 Å². The van der Waals surface area contributed by atoms with Gasteiger partial charge in [-0.2, -0.15) is 0 Å². The number of rotatable bonds is 3. The Kier molecular flexibility index (Phi) is 4.42. The Bertz CT molecular complexity index is 724. The SMILES string of the molecule is CC(C)c1ccc2c(c1/C=N/O)CCC1[C@](C)(C(=O)O)CCC[C@]21C. The summed E-state index contributed by atoms with van der Waals surface area (Å²) in [7, 11) is 0. The predicted molar refractivity (Wildman–Crippen MR) is 98.7 cm³/mol. The summed E-state index contributed by atoms with van der Waals surface area (Å²) in [5.74, 6) is -0.176. The molecular formula is C21H29NO3. The number of fused-ring (bicyclic) bond motifs is 3. The normalized spacial score (nSPS) is 31.8. The number of nitrogens with zero attached hydrogens (tertiary/aromatic N) is 1. The summed E-state index contributed by atoms with van der Waals surface area (Å²) >= 11 is 0. The molecule has 0 amide bonds. The molecule has 0 aromatic heterocycles. The van der Waals surface area contributed by atoms with Crippen LogP contribution in [0.1, 0.15) is 81.5 Å².